The maximum absolute atomic E-state index is 10.7. The smallest absolute Gasteiger partial charge is 0.306 e. The summed E-state index contributed by atoms with van der Waals surface area (Å²) in [4.78, 5) is 10.7. The molecular formula is C15H19BrN2O2. The summed E-state index contributed by atoms with van der Waals surface area (Å²) < 4.78 is 0.922. The first-order valence-electron chi connectivity index (χ1n) is 6.63. The van der Waals surface area contributed by atoms with Gasteiger partial charge in [-0.3, -0.25) is 4.79 Å². The second kappa shape index (κ2) is 7.91. The van der Waals surface area contributed by atoms with Gasteiger partial charge in [-0.05, 0) is 38.0 Å². The fraction of sp³-hybridized carbons (Fsp3) is 0.467. The van der Waals surface area contributed by atoms with Crippen LogP contribution in [0.15, 0.2) is 22.7 Å². The third-order valence-corrected chi connectivity index (χ3v) is 3.69. The summed E-state index contributed by atoms with van der Waals surface area (Å²) in [6.45, 7) is 3.76. The van der Waals surface area contributed by atoms with Gasteiger partial charge in [-0.15, -0.1) is 0 Å². The van der Waals surface area contributed by atoms with E-state index >= 15 is 0 Å². The lowest BCUT2D eigenvalue weighted by Gasteiger charge is -2.17. The summed E-state index contributed by atoms with van der Waals surface area (Å²) >= 11 is 3.39. The van der Waals surface area contributed by atoms with Gasteiger partial charge in [0.25, 0.3) is 0 Å². The molecule has 0 aliphatic carbocycles. The largest absolute Gasteiger partial charge is 0.481 e. The molecule has 1 rings (SSSR count). The number of nitrogens with one attached hydrogen (secondary N) is 1. The van der Waals surface area contributed by atoms with Crippen molar-refractivity contribution in [2.75, 3.05) is 5.32 Å². The van der Waals surface area contributed by atoms with Crippen molar-refractivity contribution < 1.29 is 9.90 Å². The maximum atomic E-state index is 10.7. The van der Waals surface area contributed by atoms with Gasteiger partial charge in [0.2, 0.25) is 0 Å². The van der Waals surface area contributed by atoms with E-state index in [0.29, 0.717) is 12.0 Å². The number of hydrogen-bond acceptors (Lipinski definition) is 3. The number of carboxylic acids is 1. The molecule has 108 valence electrons. The van der Waals surface area contributed by atoms with Crippen LogP contribution in [0.3, 0.4) is 0 Å². The molecule has 0 heterocycles. The van der Waals surface area contributed by atoms with Crippen LogP contribution in [0.2, 0.25) is 0 Å². The van der Waals surface area contributed by atoms with Crippen molar-refractivity contribution in [3.8, 4) is 6.07 Å². The molecule has 1 aromatic carbocycles. The molecule has 2 unspecified atom stereocenters. The Labute approximate surface area is 127 Å². The second-order valence-corrected chi connectivity index (χ2v) is 5.93. The zero-order valence-electron chi connectivity index (χ0n) is 11.7. The van der Waals surface area contributed by atoms with E-state index in [2.05, 4.69) is 27.3 Å². The monoisotopic (exact) mass is 338 g/mol. The third kappa shape index (κ3) is 5.22. The van der Waals surface area contributed by atoms with Crippen molar-refractivity contribution >= 4 is 27.6 Å². The highest BCUT2D eigenvalue weighted by Crippen LogP contribution is 2.22. The number of anilines is 1. The number of halogens is 1. The molecule has 5 heteroatoms. The normalized spacial score (nSPS) is 13.3. The van der Waals surface area contributed by atoms with Gasteiger partial charge in [0.15, 0.2) is 0 Å². The number of hydrogen-bond donors (Lipinski definition) is 2. The molecule has 0 saturated heterocycles. The van der Waals surface area contributed by atoms with Crippen LogP contribution in [0, 0.1) is 17.2 Å². The van der Waals surface area contributed by atoms with Crippen molar-refractivity contribution in [1.82, 2.24) is 0 Å². The Balaban J connectivity index is 2.50. The van der Waals surface area contributed by atoms with Gasteiger partial charge in [-0.2, -0.15) is 5.26 Å². The average Bonchev–Trinajstić information content (AvgIpc) is 2.38. The lowest BCUT2D eigenvalue weighted by molar-refractivity contribution is -0.141. The first-order chi connectivity index (χ1) is 9.43. The Bertz CT molecular complexity index is 511. The fourth-order valence-electron chi connectivity index (χ4n) is 1.92. The number of carboxylic acid groups (broad SMARTS) is 1. The van der Waals surface area contributed by atoms with E-state index in [1.807, 2.05) is 19.1 Å². The lowest BCUT2D eigenvalue weighted by Crippen LogP contribution is -2.17. The minimum absolute atomic E-state index is 0.192. The average molecular weight is 339 g/mol. The van der Waals surface area contributed by atoms with Gasteiger partial charge in [0.05, 0.1) is 17.2 Å². The van der Waals surface area contributed by atoms with Crippen molar-refractivity contribution in [3.05, 3.63) is 28.2 Å². The van der Waals surface area contributed by atoms with Gasteiger partial charge < -0.3 is 10.4 Å². The topological polar surface area (TPSA) is 73.1 Å². The number of nitriles is 1. The van der Waals surface area contributed by atoms with Gasteiger partial charge in [0, 0.05) is 10.5 Å². The number of carbonyl (C=O) groups is 1. The Hall–Kier alpha value is -1.54. The second-order valence-electron chi connectivity index (χ2n) is 5.02. The summed E-state index contributed by atoms with van der Waals surface area (Å²) in [5.74, 6) is -1.05. The van der Waals surface area contributed by atoms with Crippen molar-refractivity contribution in [1.29, 1.82) is 5.26 Å². The Morgan fingerprint density at radius 3 is 2.75 bits per heavy atom. The zero-order chi connectivity index (χ0) is 15.1. The third-order valence-electron chi connectivity index (χ3n) is 3.20. The highest BCUT2D eigenvalue weighted by molar-refractivity contribution is 9.10. The fourth-order valence-corrected chi connectivity index (χ4v) is 2.29. The van der Waals surface area contributed by atoms with Crippen LogP contribution < -0.4 is 5.32 Å². The number of rotatable bonds is 7. The molecule has 0 fully saturated rings. The van der Waals surface area contributed by atoms with Crippen molar-refractivity contribution in [2.45, 2.75) is 39.2 Å². The first kappa shape index (κ1) is 16.5. The summed E-state index contributed by atoms with van der Waals surface area (Å²) in [6.07, 6.45) is 2.39. The van der Waals surface area contributed by atoms with Crippen LogP contribution in [0.25, 0.3) is 0 Å². The minimum Gasteiger partial charge on any atom is -0.481 e. The van der Waals surface area contributed by atoms with E-state index in [1.165, 1.54) is 0 Å². The molecule has 4 nitrogen and oxygen atoms in total. The van der Waals surface area contributed by atoms with Crippen LogP contribution in [-0.4, -0.2) is 17.1 Å². The van der Waals surface area contributed by atoms with Gasteiger partial charge in [-0.25, -0.2) is 0 Å². The Kier molecular flexibility index (Phi) is 6.53. The van der Waals surface area contributed by atoms with Crippen LogP contribution in [0.1, 0.15) is 38.7 Å². The van der Waals surface area contributed by atoms with Crippen LogP contribution in [0.4, 0.5) is 5.69 Å². The zero-order valence-corrected chi connectivity index (χ0v) is 13.3. The summed E-state index contributed by atoms with van der Waals surface area (Å²) in [7, 11) is 0. The minimum atomic E-state index is -0.746. The molecule has 0 aliphatic heterocycles. The predicted octanol–water partition coefficient (Wildman–Crippen LogP) is 4.01. The molecule has 0 radical (unpaired) electrons. The van der Waals surface area contributed by atoms with Crippen LogP contribution in [-0.2, 0) is 4.79 Å². The molecule has 2 N–H and O–H groups in total. The summed E-state index contributed by atoms with van der Waals surface area (Å²) in [5.41, 5.74) is 1.42. The standard InChI is InChI=1S/C15H19BrN2O2/c1-10(15(19)20)4-3-5-11(2)18-14-8-13(16)7-6-12(14)9-17/h6-8,10-11,18H,3-5H2,1-2H3,(H,19,20). The van der Waals surface area contributed by atoms with E-state index < -0.39 is 5.97 Å². The lowest BCUT2D eigenvalue weighted by atomic mass is 10.0. The molecule has 0 aromatic heterocycles. The predicted molar refractivity (Wildman–Crippen MR) is 82.6 cm³/mol. The van der Waals surface area contributed by atoms with Crippen LogP contribution in [0.5, 0.6) is 0 Å². The van der Waals surface area contributed by atoms with E-state index in [4.69, 9.17) is 10.4 Å². The molecule has 20 heavy (non-hydrogen) atoms. The van der Waals surface area contributed by atoms with E-state index in [0.717, 1.165) is 23.0 Å². The molecule has 0 spiro atoms. The molecule has 0 bridgehead atoms. The van der Waals surface area contributed by atoms with Crippen molar-refractivity contribution in [2.24, 2.45) is 5.92 Å². The SMILES string of the molecule is CC(CCCC(C)C(=O)O)Nc1cc(Br)ccc1C#N. The van der Waals surface area contributed by atoms with Gasteiger partial charge in [0.1, 0.15) is 6.07 Å². The molecule has 0 saturated carbocycles. The molecule has 1 aromatic rings. The van der Waals surface area contributed by atoms with Gasteiger partial charge in [-0.1, -0.05) is 29.3 Å². The number of benzene rings is 1. The van der Waals surface area contributed by atoms with Crippen molar-refractivity contribution in [3.63, 3.8) is 0 Å². The molecule has 0 aliphatic rings. The Morgan fingerprint density at radius 2 is 2.15 bits per heavy atom. The van der Waals surface area contributed by atoms with E-state index in [9.17, 15) is 4.79 Å². The molecular weight excluding hydrogens is 320 g/mol. The van der Waals surface area contributed by atoms with E-state index in [1.54, 1.807) is 13.0 Å². The number of nitrogens with zero attached hydrogens (tertiary/aromatic N) is 1. The van der Waals surface area contributed by atoms with Crippen LogP contribution >= 0.6 is 15.9 Å². The maximum Gasteiger partial charge on any atom is 0.306 e. The Morgan fingerprint density at radius 1 is 1.45 bits per heavy atom. The van der Waals surface area contributed by atoms with E-state index in [-0.39, 0.29) is 12.0 Å². The first-order valence-corrected chi connectivity index (χ1v) is 7.42. The molecule has 2 atom stereocenters. The molecule has 0 amide bonds. The quantitative estimate of drug-likeness (QED) is 0.787. The highest BCUT2D eigenvalue weighted by Gasteiger charge is 2.12. The highest BCUT2D eigenvalue weighted by atomic mass is 79.9. The van der Waals surface area contributed by atoms with Gasteiger partial charge >= 0.3 is 5.97 Å². The summed E-state index contributed by atoms with van der Waals surface area (Å²) in [5, 5.41) is 21.2. The number of aliphatic carboxylic acids is 1. The summed E-state index contributed by atoms with van der Waals surface area (Å²) in [6, 6.07) is 7.84.